The fourth-order valence-electron chi connectivity index (χ4n) is 2.78. The molecule has 5 nitrogen and oxygen atoms in total. The molecule has 0 unspecified atom stereocenters. The lowest BCUT2D eigenvalue weighted by molar-refractivity contribution is -0.177. The van der Waals surface area contributed by atoms with Gasteiger partial charge in [0.05, 0.1) is 11.5 Å². The maximum Gasteiger partial charge on any atom is 0.413 e. The van der Waals surface area contributed by atoms with Crippen molar-refractivity contribution in [3.8, 4) is 0 Å². The molecule has 126 valence electrons. The van der Waals surface area contributed by atoms with Crippen molar-refractivity contribution in [2.45, 2.75) is 46.8 Å². The number of carbonyl (C=O) groups excluding carboxylic acids is 2. The fourth-order valence-corrected chi connectivity index (χ4v) is 2.78. The Bertz CT molecular complexity index is 553. The van der Waals surface area contributed by atoms with Crippen LogP contribution in [0.2, 0.25) is 0 Å². The van der Waals surface area contributed by atoms with Crippen molar-refractivity contribution in [1.29, 1.82) is 0 Å². The molecule has 1 aromatic carbocycles. The van der Waals surface area contributed by atoms with Gasteiger partial charge in [-0.25, -0.2) is 4.79 Å². The monoisotopic (exact) mass is 319 g/mol. The van der Waals surface area contributed by atoms with Gasteiger partial charge < -0.3 is 9.47 Å². The summed E-state index contributed by atoms with van der Waals surface area (Å²) in [7, 11) is 0. The topological polar surface area (TPSA) is 55.8 Å². The van der Waals surface area contributed by atoms with Crippen LogP contribution in [0.3, 0.4) is 0 Å². The molecule has 1 saturated heterocycles. The standard InChI is InChI=1S/C18H25NO4/c1-13(2)10-15-18(3,4)16(20)23-12-19(15)17(21)22-11-14-8-6-5-7-9-14/h5-9,13,15H,10-12H2,1-4H3/t15-/m0/s1. The lowest BCUT2D eigenvalue weighted by Gasteiger charge is -2.44. The smallest absolute Gasteiger partial charge is 0.413 e. The van der Waals surface area contributed by atoms with Gasteiger partial charge in [-0.1, -0.05) is 44.2 Å². The highest BCUT2D eigenvalue weighted by molar-refractivity contribution is 5.80. The number of ether oxygens (including phenoxy) is 2. The molecule has 1 aliphatic heterocycles. The Hall–Kier alpha value is -2.04. The second-order valence-electron chi connectivity index (χ2n) is 6.94. The lowest BCUT2D eigenvalue weighted by atomic mass is 9.78. The molecule has 0 aromatic heterocycles. The van der Waals surface area contributed by atoms with Gasteiger partial charge in [0, 0.05) is 0 Å². The molecular weight excluding hydrogens is 294 g/mol. The average Bonchev–Trinajstić information content (AvgIpc) is 2.51. The molecule has 0 radical (unpaired) electrons. The number of esters is 1. The van der Waals surface area contributed by atoms with Gasteiger partial charge in [-0.05, 0) is 31.7 Å². The van der Waals surface area contributed by atoms with Gasteiger partial charge in [0.15, 0.2) is 6.73 Å². The summed E-state index contributed by atoms with van der Waals surface area (Å²) < 4.78 is 10.6. The molecule has 5 heteroatoms. The van der Waals surface area contributed by atoms with E-state index in [1.54, 1.807) is 0 Å². The molecule has 1 atom stereocenters. The fraction of sp³-hybridized carbons (Fsp3) is 0.556. The second-order valence-corrected chi connectivity index (χ2v) is 6.94. The maximum absolute atomic E-state index is 12.5. The number of cyclic esters (lactones) is 1. The van der Waals surface area contributed by atoms with Crippen LogP contribution in [0.1, 0.15) is 39.7 Å². The first-order chi connectivity index (χ1) is 10.8. The van der Waals surface area contributed by atoms with Crippen LogP contribution in [-0.4, -0.2) is 29.7 Å². The number of benzene rings is 1. The van der Waals surface area contributed by atoms with Gasteiger partial charge in [-0.2, -0.15) is 0 Å². The third kappa shape index (κ3) is 4.03. The van der Waals surface area contributed by atoms with Crippen LogP contribution < -0.4 is 0 Å². The van der Waals surface area contributed by atoms with E-state index >= 15 is 0 Å². The van der Waals surface area contributed by atoms with Crippen LogP contribution in [0.15, 0.2) is 30.3 Å². The normalized spacial score (nSPS) is 20.3. The second kappa shape index (κ2) is 7.02. The highest BCUT2D eigenvalue weighted by Crippen LogP contribution is 2.35. The summed E-state index contributed by atoms with van der Waals surface area (Å²) >= 11 is 0. The van der Waals surface area contributed by atoms with E-state index < -0.39 is 11.5 Å². The van der Waals surface area contributed by atoms with E-state index in [9.17, 15) is 9.59 Å². The van der Waals surface area contributed by atoms with Crippen LogP contribution in [-0.2, 0) is 20.9 Å². The van der Waals surface area contributed by atoms with Crippen molar-refractivity contribution < 1.29 is 19.1 Å². The Balaban J connectivity index is 2.08. The van der Waals surface area contributed by atoms with Crippen LogP contribution in [0.5, 0.6) is 0 Å². The van der Waals surface area contributed by atoms with Crippen molar-refractivity contribution in [3.63, 3.8) is 0 Å². The first kappa shape index (κ1) is 17.3. The molecule has 1 heterocycles. The van der Waals surface area contributed by atoms with Gasteiger partial charge in [-0.15, -0.1) is 0 Å². The minimum Gasteiger partial charge on any atom is -0.444 e. The van der Waals surface area contributed by atoms with E-state index in [4.69, 9.17) is 9.47 Å². The summed E-state index contributed by atoms with van der Waals surface area (Å²) in [5.41, 5.74) is 0.184. The van der Waals surface area contributed by atoms with E-state index in [0.717, 1.165) is 12.0 Å². The number of amides is 1. The molecule has 0 aliphatic carbocycles. The molecule has 0 N–H and O–H groups in total. The van der Waals surface area contributed by atoms with Gasteiger partial charge in [-0.3, -0.25) is 9.69 Å². The molecule has 1 aliphatic rings. The molecular formula is C18H25NO4. The highest BCUT2D eigenvalue weighted by Gasteiger charge is 2.48. The quantitative estimate of drug-likeness (QED) is 0.796. The molecule has 23 heavy (non-hydrogen) atoms. The highest BCUT2D eigenvalue weighted by atomic mass is 16.6. The van der Waals surface area contributed by atoms with Crippen molar-refractivity contribution in [2.24, 2.45) is 11.3 Å². The van der Waals surface area contributed by atoms with Crippen LogP contribution in [0, 0.1) is 11.3 Å². The maximum atomic E-state index is 12.5. The van der Waals surface area contributed by atoms with E-state index in [2.05, 4.69) is 13.8 Å². The number of rotatable bonds is 4. The summed E-state index contributed by atoms with van der Waals surface area (Å²) in [6.07, 6.45) is 0.280. The Labute approximate surface area is 137 Å². The Kier molecular flexibility index (Phi) is 5.29. The Morgan fingerprint density at radius 2 is 2.00 bits per heavy atom. The third-order valence-corrected chi connectivity index (χ3v) is 4.20. The Morgan fingerprint density at radius 1 is 1.35 bits per heavy atom. The number of hydrogen-bond acceptors (Lipinski definition) is 4. The third-order valence-electron chi connectivity index (χ3n) is 4.20. The van der Waals surface area contributed by atoms with Crippen molar-refractivity contribution in [2.75, 3.05) is 6.73 Å². The first-order valence-corrected chi connectivity index (χ1v) is 7.97. The van der Waals surface area contributed by atoms with Gasteiger partial charge >= 0.3 is 12.1 Å². The average molecular weight is 319 g/mol. The van der Waals surface area contributed by atoms with Crippen molar-refractivity contribution in [3.05, 3.63) is 35.9 Å². The molecule has 0 spiro atoms. The number of hydrogen-bond donors (Lipinski definition) is 0. The summed E-state index contributed by atoms with van der Waals surface area (Å²) in [5, 5.41) is 0. The number of nitrogens with zero attached hydrogens (tertiary/aromatic N) is 1. The van der Waals surface area contributed by atoms with Crippen molar-refractivity contribution >= 4 is 12.1 Å². The summed E-state index contributed by atoms with van der Waals surface area (Å²) in [6, 6.07) is 9.29. The molecule has 1 fully saturated rings. The van der Waals surface area contributed by atoms with E-state index in [-0.39, 0.29) is 25.3 Å². The van der Waals surface area contributed by atoms with E-state index in [1.807, 2.05) is 44.2 Å². The molecule has 1 amide bonds. The minimum absolute atomic E-state index is 0.0483. The first-order valence-electron chi connectivity index (χ1n) is 7.97. The molecule has 0 saturated carbocycles. The largest absolute Gasteiger partial charge is 0.444 e. The number of carbonyl (C=O) groups is 2. The van der Waals surface area contributed by atoms with E-state index in [1.165, 1.54) is 4.90 Å². The van der Waals surface area contributed by atoms with Crippen molar-refractivity contribution in [1.82, 2.24) is 4.90 Å². The predicted molar refractivity (Wildman–Crippen MR) is 86.4 cm³/mol. The minimum atomic E-state index is -0.742. The Morgan fingerprint density at radius 3 is 2.61 bits per heavy atom. The van der Waals surface area contributed by atoms with Gasteiger partial charge in [0.1, 0.15) is 6.61 Å². The zero-order valence-electron chi connectivity index (χ0n) is 14.2. The summed E-state index contributed by atoms with van der Waals surface area (Å²) in [5.74, 6) is 0.0878. The van der Waals surface area contributed by atoms with Gasteiger partial charge in [0.2, 0.25) is 0 Å². The predicted octanol–water partition coefficient (Wildman–Crippen LogP) is 3.58. The lowest BCUT2D eigenvalue weighted by Crippen LogP contribution is -2.58. The van der Waals surface area contributed by atoms with Crippen LogP contribution in [0.4, 0.5) is 4.79 Å². The van der Waals surface area contributed by atoms with E-state index in [0.29, 0.717) is 5.92 Å². The molecule has 2 rings (SSSR count). The summed E-state index contributed by atoms with van der Waals surface area (Å²) in [4.78, 5) is 26.1. The van der Waals surface area contributed by atoms with Crippen LogP contribution >= 0.6 is 0 Å². The van der Waals surface area contributed by atoms with Crippen LogP contribution in [0.25, 0.3) is 0 Å². The zero-order chi connectivity index (χ0) is 17.0. The molecule has 0 bridgehead atoms. The van der Waals surface area contributed by atoms with Gasteiger partial charge in [0.25, 0.3) is 0 Å². The molecule has 1 aromatic rings. The zero-order valence-corrected chi connectivity index (χ0v) is 14.2. The summed E-state index contributed by atoms with van der Waals surface area (Å²) in [6.45, 7) is 7.94. The SMILES string of the molecule is CC(C)C[C@@H]1N(C(=O)OCc2ccccc2)COC(=O)C1(C)C.